The van der Waals surface area contributed by atoms with Crippen molar-refractivity contribution in [2.75, 3.05) is 0 Å². The number of aryl methyl sites for hydroxylation is 1. The van der Waals surface area contributed by atoms with E-state index in [1.165, 1.54) is 47.5 Å². The molecule has 0 N–H and O–H groups in total. The lowest BCUT2D eigenvalue weighted by Crippen LogP contribution is -2.37. The fourth-order valence-corrected chi connectivity index (χ4v) is 3.46. The summed E-state index contributed by atoms with van der Waals surface area (Å²) in [5.41, 5.74) is -0.0262. The number of ether oxygens (including phenoxy) is 2. The molecule has 0 aliphatic rings. The van der Waals surface area contributed by atoms with Crippen molar-refractivity contribution in [1.29, 1.82) is 0 Å². The van der Waals surface area contributed by atoms with E-state index in [2.05, 4.69) is 9.72 Å². The first-order valence-electron chi connectivity index (χ1n) is 9.79. The standard InChI is InChI=1S/C22H19ClF2N4O4/c1-22(24,25)33-16-6-4-5-15(11-16)32-20-26-18-17(19(30)28(3)21(31)27(18)2)29(20)12-13-7-9-14(23)10-8-13/h4-11H,12H2,1-3H3. The lowest BCUT2D eigenvalue weighted by molar-refractivity contribution is -0.158. The Bertz CT molecular complexity index is 1450. The highest BCUT2D eigenvalue weighted by Crippen LogP contribution is 2.29. The van der Waals surface area contributed by atoms with Crippen LogP contribution < -0.4 is 20.7 Å². The van der Waals surface area contributed by atoms with E-state index in [1.807, 2.05) is 0 Å². The van der Waals surface area contributed by atoms with Gasteiger partial charge in [0, 0.05) is 32.1 Å². The van der Waals surface area contributed by atoms with Crippen molar-refractivity contribution in [1.82, 2.24) is 18.7 Å². The molecule has 172 valence electrons. The smallest absolute Gasteiger partial charge is 0.394 e. The van der Waals surface area contributed by atoms with Crippen molar-refractivity contribution in [3.05, 3.63) is 80.0 Å². The van der Waals surface area contributed by atoms with E-state index < -0.39 is 17.4 Å². The molecule has 2 aromatic carbocycles. The molecule has 0 aliphatic carbocycles. The van der Waals surface area contributed by atoms with Gasteiger partial charge in [-0.15, -0.1) is 0 Å². The Morgan fingerprint density at radius 3 is 2.36 bits per heavy atom. The summed E-state index contributed by atoms with van der Waals surface area (Å²) in [5.74, 6) is 0.0508. The molecule has 2 heterocycles. The Kier molecular flexibility index (Phi) is 5.71. The number of fused-ring (bicyclic) bond motifs is 1. The normalized spacial score (nSPS) is 11.7. The zero-order valence-corrected chi connectivity index (χ0v) is 18.6. The quantitative estimate of drug-likeness (QED) is 0.421. The van der Waals surface area contributed by atoms with Gasteiger partial charge in [-0.3, -0.25) is 18.5 Å². The highest BCUT2D eigenvalue weighted by Gasteiger charge is 2.24. The minimum Gasteiger partial charge on any atom is -0.433 e. The molecular weight excluding hydrogens is 458 g/mol. The summed E-state index contributed by atoms with van der Waals surface area (Å²) >= 11 is 5.97. The van der Waals surface area contributed by atoms with Crippen molar-refractivity contribution in [2.24, 2.45) is 14.1 Å². The first-order valence-corrected chi connectivity index (χ1v) is 10.2. The van der Waals surface area contributed by atoms with E-state index in [4.69, 9.17) is 16.3 Å². The lowest BCUT2D eigenvalue weighted by Gasteiger charge is -2.14. The van der Waals surface area contributed by atoms with Gasteiger partial charge in [0.25, 0.3) is 5.56 Å². The molecule has 0 saturated heterocycles. The van der Waals surface area contributed by atoms with Crippen LogP contribution in [-0.4, -0.2) is 24.8 Å². The van der Waals surface area contributed by atoms with E-state index in [-0.39, 0.29) is 35.2 Å². The van der Waals surface area contributed by atoms with E-state index in [1.54, 1.807) is 24.3 Å². The average molecular weight is 477 g/mol. The molecule has 4 aromatic rings. The molecule has 0 atom stereocenters. The Morgan fingerprint density at radius 2 is 1.70 bits per heavy atom. The minimum atomic E-state index is -3.37. The average Bonchev–Trinajstić information content (AvgIpc) is 3.09. The first kappa shape index (κ1) is 22.5. The van der Waals surface area contributed by atoms with Crippen LogP contribution in [-0.2, 0) is 20.6 Å². The second-order valence-electron chi connectivity index (χ2n) is 7.47. The summed E-state index contributed by atoms with van der Waals surface area (Å²) in [6.45, 7) is 0.808. The van der Waals surface area contributed by atoms with Crippen molar-refractivity contribution < 1.29 is 18.3 Å². The van der Waals surface area contributed by atoms with Crippen molar-refractivity contribution in [3.63, 3.8) is 0 Å². The number of aromatic nitrogens is 4. The molecular formula is C22H19ClF2N4O4. The van der Waals surface area contributed by atoms with Crippen LogP contribution in [0.5, 0.6) is 17.5 Å². The Labute approximate surface area is 191 Å². The number of nitrogens with zero attached hydrogens (tertiary/aromatic N) is 4. The number of rotatable bonds is 6. The molecule has 0 saturated carbocycles. The molecule has 4 rings (SSSR count). The van der Waals surface area contributed by atoms with Crippen LogP contribution in [0.1, 0.15) is 12.5 Å². The molecule has 2 aromatic heterocycles. The first-order chi connectivity index (χ1) is 15.5. The third kappa shape index (κ3) is 4.61. The Hall–Kier alpha value is -3.66. The summed E-state index contributed by atoms with van der Waals surface area (Å²) in [5, 5.41) is 0.550. The van der Waals surface area contributed by atoms with Crippen LogP contribution in [0, 0.1) is 0 Å². The maximum atomic E-state index is 13.2. The van der Waals surface area contributed by atoms with Crippen LogP contribution in [0.4, 0.5) is 8.78 Å². The van der Waals surface area contributed by atoms with Gasteiger partial charge in [-0.05, 0) is 29.8 Å². The number of hydrogen-bond donors (Lipinski definition) is 0. The van der Waals surface area contributed by atoms with Crippen LogP contribution in [0.3, 0.4) is 0 Å². The second kappa shape index (κ2) is 8.36. The molecule has 0 bridgehead atoms. The number of hydrogen-bond acceptors (Lipinski definition) is 5. The molecule has 0 unspecified atom stereocenters. The molecule has 0 radical (unpaired) electrons. The molecule has 11 heteroatoms. The largest absolute Gasteiger partial charge is 0.433 e. The minimum absolute atomic E-state index is 0.00124. The summed E-state index contributed by atoms with van der Waals surface area (Å²) < 4.78 is 40.7. The van der Waals surface area contributed by atoms with Crippen LogP contribution in [0.25, 0.3) is 11.2 Å². The van der Waals surface area contributed by atoms with Crippen molar-refractivity contribution in [3.8, 4) is 17.5 Å². The van der Waals surface area contributed by atoms with Crippen molar-refractivity contribution >= 4 is 22.8 Å². The van der Waals surface area contributed by atoms with E-state index in [0.717, 1.165) is 10.1 Å². The van der Waals surface area contributed by atoms with Gasteiger partial charge in [0.15, 0.2) is 11.2 Å². The highest BCUT2D eigenvalue weighted by atomic mass is 35.5. The molecule has 0 aliphatic heterocycles. The molecule has 0 amide bonds. The van der Waals surface area contributed by atoms with Gasteiger partial charge in [0.1, 0.15) is 11.5 Å². The molecule has 8 nitrogen and oxygen atoms in total. The van der Waals surface area contributed by atoms with Gasteiger partial charge in [-0.2, -0.15) is 13.8 Å². The number of halogens is 3. The summed E-state index contributed by atoms with van der Waals surface area (Å²) in [7, 11) is 2.86. The third-order valence-electron chi connectivity index (χ3n) is 4.88. The Morgan fingerprint density at radius 1 is 1.03 bits per heavy atom. The molecule has 0 fully saturated rings. The van der Waals surface area contributed by atoms with Gasteiger partial charge < -0.3 is 9.47 Å². The highest BCUT2D eigenvalue weighted by molar-refractivity contribution is 6.30. The summed E-state index contributed by atoms with van der Waals surface area (Å²) in [4.78, 5) is 29.7. The predicted octanol–water partition coefficient (Wildman–Crippen LogP) is 3.92. The monoisotopic (exact) mass is 476 g/mol. The molecule has 33 heavy (non-hydrogen) atoms. The molecule has 0 spiro atoms. The number of alkyl halides is 2. The van der Waals surface area contributed by atoms with Crippen LogP contribution in [0.15, 0.2) is 58.1 Å². The summed E-state index contributed by atoms with van der Waals surface area (Å²) in [6, 6.07) is 12.6. The number of benzene rings is 2. The van der Waals surface area contributed by atoms with Gasteiger partial charge in [0.05, 0.1) is 6.54 Å². The van der Waals surface area contributed by atoms with Crippen molar-refractivity contribution in [2.45, 2.75) is 19.6 Å². The van der Waals surface area contributed by atoms with E-state index in [9.17, 15) is 18.4 Å². The summed E-state index contributed by atoms with van der Waals surface area (Å²) in [6.07, 6.45) is -3.37. The fourth-order valence-electron chi connectivity index (χ4n) is 3.34. The van der Waals surface area contributed by atoms with E-state index >= 15 is 0 Å². The lowest BCUT2D eigenvalue weighted by atomic mass is 10.2. The van der Waals surface area contributed by atoms with Gasteiger partial charge in [-0.1, -0.05) is 29.8 Å². The van der Waals surface area contributed by atoms with Gasteiger partial charge in [-0.25, -0.2) is 4.79 Å². The third-order valence-corrected chi connectivity index (χ3v) is 5.13. The maximum absolute atomic E-state index is 13.2. The topological polar surface area (TPSA) is 80.3 Å². The second-order valence-corrected chi connectivity index (χ2v) is 7.91. The zero-order chi connectivity index (χ0) is 23.9. The van der Waals surface area contributed by atoms with Crippen LogP contribution in [0.2, 0.25) is 5.02 Å². The zero-order valence-electron chi connectivity index (χ0n) is 17.9. The van der Waals surface area contributed by atoms with E-state index in [0.29, 0.717) is 11.9 Å². The predicted molar refractivity (Wildman–Crippen MR) is 119 cm³/mol. The number of imidazole rings is 1. The maximum Gasteiger partial charge on any atom is 0.394 e. The fraction of sp³-hybridized carbons (Fsp3) is 0.227. The van der Waals surface area contributed by atoms with Gasteiger partial charge >= 0.3 is 17.8 Å². The SMILES string of the molecule is Cn1c(=O)c2c(nc(Oc3cccc(OC(C)(F)F)c3)n2Cc2ccc(Cl)cc2)n(C)c1=O. The van der Waals surface area contributed by atoms with Crippen LogP contribution >= 0.6 is 11.6 Å². The van der Waals surface area contributed by atoms with Gasteiger partial charge in [0.2, 0.25) is 0 Å². The Balaban J connectivity index is 1.85.